The van der Waals surface area contributed by atoms with E-state index in [1.165, 1.54) is 17.1 Å². The lowest BCUT2D eigenvalue weighted by Gasteiger charge is -2.29. The van der Waals surface area contributed by atoms with E-state index in [4.69, 9.17) is 0 Å². The molecule has 0 radical (unpaired) electrons. The standard InChI is InChI=1S/C10H18N4O2S/c1-8-3-4-11-6-10(8)13-17(15,16)9-5-12-14(2)7-9/h5,7-8,10-11,13H,3-4,6H2,1-2H3/t8-,10-/m0/s1. The molecule has 0 unspecified atom stereocenters. The summed E-state index contributed by atoms with van der Waals surface area (Å²) in [5.41, 5.74) is 0. The highest BCUT2D eigenvalue weighted by molar-refractivity contribution is 7.89. The second-order valence-electron chi connectivity index (χ2n) is 4.55. The summed E-state index contributed by atoms with van der Waals surface area (Å²) in [7, 11) is -1.75. The average molecular weight is 258 g/mol. The van der Waals surface area contributed by atoms with Gasteiger partial charge in [0, 0.05) is 25.8 Å². The zero-order valence-electron chi connectivity index (χ0n) is 10.0. The quantitative estimate of drug-likeness (QED) is 0.780. The average Bonchev–Trinajstić information content (AvgIpc) is 2.69. The molecule has 2 atom stereocenters. The molecule has 1 fully saturated rings. The van der Waals surface area contributed by atoms with E-state index in [2.05, 4.69) is 22.1 Å². The highest BCUT2D eigenvalue weighted by atomic mass is 32.2. The largest absolute Gasteiger partial charge is 0.315 e. The Morgan fingerprint density at radius 2 is 2.35 bits per heavy atom. The molecule has 0 bridgehead atoms. The molecule has 0 amide bonds. The maximum Gasteiger partial charge on any atom is 0.243 e. The van der Waals surface area contributed by atoms with Crippen molar-refractivity contribution >= 4 is 10.0 Å². The zero-order valence-corrected chi connectivity index (χ0v) is 10.9. The first kappa shape index (κ1) is 12.5. The number of nitrogens with zero attached hydrogens (tertiary/aromatic N) is 2. The predicted octanol–water partition coefficient (Wildman–Crippen LogP) is -0.304. The number of hydrogen-bond acceptors (Lipinski definition) is 4. The van der Waals surface area contributed by atoms with Crippen LogP contribution in [0.15, 0.2) is 17.3 Å². The lowest BCUT2D eigenvalue weighted by Crippen LogP contribution is -2.50. The molecule has 2 rings (SSSR count). The van der Waals surface area contributed by atoms with Gasteiger partial charge in [-0.1, -0.05) is 6.92 Å². The SMILES string of the molecule is C[C@H]1CCNC[C@@H]1NS(=O)(=O)c1cnn(C)c1. The lowest BCUT2D eigenvalue weighted by atomic mass is 9.96. The van der Waals surface area contributed by atoms with Gasteiger partial charge in [0.2, 0.25) is 10.0 Å². The van der Waals surface area contributed by atoms with E-state index >= 15 is 0 Å². The summed E-state index contributed by atoms with van der Waals surface area (Å²) in [6.45, 7) is 3.70. The molecule has 1 aromatic rings. The van der Waals surface area contributed by atoms with Crippen molar-refractivity contribution in [2.24, 2.45) is 13.0 Å². The zero-order chi connectivity index (χ0) is 12.5. The van der Waals surface area contributed by atoms with Crippen molar-refractivity contribution in [3.05, 3.63) is 12.4 Å². The van der Waals surface area contributed by atoms with E-state index in [0.29, 0.717) is 12.5 Å². The number of aromatic nitrogens is 2. The van der Waals surface area contributed by atoms with Gasteiger partial charge in [0.05, 0.1) is 6.20 Å². The van der Waals surface area contributed by atoms with Crippen molar-refractivity contribution in [2.75, 3.05) is 13.1 Å². The molecular formula is C10H18N4O2S. The van der Waals surface area contributed by atoms with Crippen LogP contribution < -0.4 is 10.0 Å². The summed E-state index contributed by atoms with van der Waals surface area (Å²) in [6, 6.07) is -0.0473. The minimum atomic E-state index is -3.45. The van der Waals surface area contributed by atoms with Crippen LogP contribution in [0.4, 0.5) is 0 Å². The van der Waals surface area contributed by atoms with Gasteiger partial charge in [0.1, 0.15) is 4.90 Å². The summed E-state index contributed by atoms with van der Waals surface area (Å²) in [5, 5.41) is 7.07. The topological polar surface area (TPSA) is 76.0 Å². The van der Waals surface area contributed by atoms with Crippen molar-refractivity contribution in [3.63, 3.8) is 0 Å². The number of nitrogens with one attached hydrogen (secondary N) is 2. The molecule has 7 heteroatoms. The summed E-state index contributed by atoms with van der Waals surface area (Å²) >= 11 is 0. The predicted molar refractivity (Wildman–Crippen MR) is 64.0 cm³/mol. The van der Waals surface area contributed by atoms with Gasteiger partial charge in [0.15, 0.2) is 0 Å². The maximum absolute atomic E-state index is 12.1. The molecule has 0 saturated carbocycles. The monoisotopic (exact) mass is 258 g/mol. The molecule has 2 heterocycles. The van der Waals surface area contributed by atoms with Crippen LogP contribution in [-0.4, -0.2) is 37.3 Å². The molecule has 0 spiro atoms. The number of aryl methyl sites for hydroxylation is 1. The summed E-state index contributed by atoms with van der Waals surface area (Å²) in [4.78, 5) is 0.220. The molecule has 1 aliphatic rings. The molecular weight excluding hydrogens is 240 g/mol. The highest BCUT2D eigenvalue weighted by Gasteiger charge is 2.27. The summed E-state index contributed by atoms with van der Waals surface area (Å²) in [6.07, 6.45) is 3.85. The van der Waals surface area contributed by atoms with E-state index < -0.39 is 10.0 Å². The highest BCUT2D eigenvalue weighted by Crippen LogP contribution is 2.15. The Labute approximate surface area is 101 Å². The number of piperidine rings is 1. The molecule has 1 aliphatic heterocycles. The van der Waals surface area contributed by atoms with Crippen LogP contribution >= 0.6 is 0 Å². The van der Waals surface area contributed by atoms with Crippen LogP contribution in [0.2, 0.25) is 0 Å². The minimum Gasteiger partial charge on any atom is -0.315 e. The van der Waals surface area contributed by atoms with Gasteiger partial charge in [-0.05, 0) is 18.9 Å². The van der Waals surface area contributed by atoms with Crippen LogP contribution in [0.25, 0.3) is 0 Å². The summed E-state index contributed by atoms with van der Waals surface area (Å²) < 4.78 is 28.3. The van der Waals surface area contributed by atoms with Gasteiger partial charge in [-0.25, -0.2) is 13.1 Å². The normalized spacial score (nSPS) is 26.0. The first-order chi connectivity index (χ1) is 7.99. The van der Waals surface area contributed by atoms with Gasteiger partial charge in [-0.3, -0.25) is 4.68 Å². The van der Waals surface area contributed by atoms with Crippen LogP contribution in [0.1, 0.15) is 13.3 Å². The molecule has 17 heavy (non-hydrogen) atoms. The molecule has 6 nitrogen and oxygen atoms in total. The molecule has 0 aromatic carbocycles. The third-order valence-electron chi connectivity index (χ3n) is 3.13. The Morgan fingerprint density at radius 3 is 2.94 bits per heavy atom. The smallest absolute Gasteiger partial charge is 0.243 e. The Hall–Kier alpha value is -0.920. The van der Waals surface area contributed by atoms with Gasteiger partial charge in [-0.15, -0.1) is 0 Å². The first-order valence-corrected chi connectivity index (χ1v) is 7.19. The Bertz CT molecular complexity index is 482. The second-order valence-corrected chi connectivity index (χ2v) is 6.26. The van der Waals surface area contributed by atoms with Crippen molar-refractivity contribution in [2.45, 2.75) is 24.3 Å². The molecule has 1 aromatic heterocycles. The first-order valence-electron chi connectivity index (χ1n) is 5.71. The van der Waals surface area contributed by atoms with E-state index in [-0.39, 0.29) is 10.9 Å². The Balaban J connectivity index is 2.11. The van der Waals surface area contributed by atoms with Crippen LogP contribution in [0.5, 0.6) is 0 Å². The van der Waals surface area contributed by atoms with Crippen molar-refractivity contribution in [1.29, 1.82) is 0 Å². The van der Waals surface area contributed by atoms with Gasteiger partial charge in [0.25, 0.3) is 0 Å². The fourth-order valence-corrected chi connectivity index (χ4v) is 3.28. The lowest BCUT2D eigenvalue weighted by molar-refractivity contribution is 0.327. The molecule has 2 N–H and O–H groups in total. The third-order valence-corrected chi connectivity index (χ3v) is 4.57. The van der Waals surface area contributed by atoms with Crippen molar-refractivity contribution in [3.8, 4) is 0 Å². The van der Waals surface area contributed by atoms with Crippen molar-refractivity contribution < 1.29 is 8.42 Å². The van der Waals surface area contributed by atoms with Gasteiger partial charge >= 0.3 is 0 Å². The fraction of sp³-hybridized carbons (Fsp3) is 0.700. The third kappa shape index (κ3) is 2.85. The molecule has 1 saturated heterocycles. The Kier molecular flexibility index (Phi) is 3.50. The van der Waals surface area contributed by atoms with Gasteiger partial charge in [-0.2, -0.15) is 5.10 Å². The maximum atomic E-state index is 12.1. The van der Waals surface area contributed by atoms with E-state index in [1.54, 1.807) is 7.05 Å². The molecule has 96 valence electrons. The number of sulfonamides is 1. The van der Waals surface area contributed by atoms with Crippen LogP contribution in [-0.2, 0) is 17.1 Å². The summed E-state index contributed by atoms with van der Waals surface area (Å²) in [5.74, 6) is 0.350. The Morgan fingerprint density at radius 1 is 1.59 bits per heavy atom. The van der Waals surface area contributed by atoms with Gasteiger partial charge < -0.3 is 5.32 Å². The second kappa shape index (κ2) is 4.75. The van der Waals surface area contributed by atoms with E-state index in [0.717, 1.165) is 13.0 Å². The minimum absolute atomic E-state index is 0.0473. The number of rotatable bonds is 3. The van der Waals surface area contributed by atoms with E-state index in [9.17, 15) is 8.42 Å². The van der Waals surface area contributed by atoms with Crippen molar-refractivity contribution in [1.82, 2.24) is 19.8 Å². The van der Waals surface area contributed by atoms with Crippen LogP contribution in [0, 0.1) is 5.92 Å². The van der Waals surface area contributed by atoms with Crippen LogP contribution in [0.3, 0.4) is 0 Å². The fourth-order valence-electron chi connectivity index (χ4n) is 1.95. The number of hydrogen-bond donors (Lipinski definition) is 2. The van der Waals surface area contributed by atoms with E-state index in [1.807, 2.05) is 0 Å². The molecule has 0 aliphatic carbocycles.